The molecule has 142 valence electrons. The van der Waals surface area contributed by atoms with Gasteiger partial charge in [0.15, 0.2) is 0 Å². The fourth-order valence-electron chi connectivity index (χ4n) is 3.98. The molecule has 0 saturated heterocycles. The molecule has 3 N–H and O–H groups in total. The molecule has 5 nitrogen and oxygen atoms in total. The number of hydrogen-bond donors (Lipinski definition) is 3. The smallest absolute Gasteiger partial charge is 0.255 e. The molecule has 0 unspecified atom stereocenters. The van der Waals surface area contributed by atoms with E-state index in [4.69, 9.17) is 0 Å². The zero-order valence-corrected chi connectivity index (χ0v) is 15.7. The van der Waals surface area contributed by atoms with Crippen LogP contribution in [0.1, 0.15) is 47.3 Å². The van der Waals surface area contributed by atoms with Crippen LogP contribution >= 0.6 is 0 Å². The Morgan fingerprint density at radius 3 is 2.36 bits per heavy atom. The summed E-state index contributed by atoms with van der Waals surface area (Å²) in [5.41, 5.74) is 5.93. The van der Waals surface area contributed by atoms with Crippen LogP contribution in [0.25, 0.3) is 10.9 Å². The molecule has 5 heteroatoms. The third-order valence-electron chi connectivity index (χ3n) is 5.72. The standard InChI is InChI=1S/C23H23N3O2/c27-22(14-5-6-14)24-16-8-10-17(11-9-16)25-23(28)15-7-12-21-19(13-15)18-3-1-2-4-20(18)26-21/h7-14,26H,1-6H2,(H,24,27)(H,25,28). The van der Waals surface area contributed by atoms with E-state index in [1.54, 1.807) is 0 Å². The van der Waals surface area contributed by atoms with Crippen LogP contribution in [-0.2, 0) is 17.6 Å². The number of benzene rings is 2. The molecule has 3 aromatic rings. The van der Waals surface area contributed by atoms with Crippen LogP contribution in [0.15, 0.2) is 42.5 Å². The van der Waals surface area contributed by atoms with Crippen LogP contribution in [0.4, 0.5) is 11.4 Å². The first kappa shape index (κ1) is 17.0. The molecule has 2 amide bonds. The summed E-state index contributed by atoms with van der Waals surface area (Å²) in [6.45, 7) is 0. The van der Waals surface area contributed by atoms with Crippen molar-refractivity contribution in [2.75, 3.05) is 10.6 Å². The number of aryl methyl sites for hydroxylation is 2. The highest BCUT2D eigenvalue weighted by Crippen LogP contribution is 2.31. The highest BCUT2D eigenvalue weighted by atomic mass is 16.2. The van der Waals surface area contributed by atoms with Crippen LogP contribution in [0, 0.1) is 5.92 Å². The van der Waals surface area contributed by atoms with E-state index in [0.29, 0.717) is 11.3 Å². The lowest BCUT2D eigenvalue weighted by atomic mass is 9.95. The van der Waals surface area contributed by atoms with Crippen LogP contribution in [-0.4, -0.2) is 16.8 Å². The first-order chi connectivity index (χ1) is 13.7. The highest BCUT2D eigenvalue weighted by Gasteiger charge is 2.29. The van der Waals surface area contributed by atoms with E-state index < -0.39 is 0 Å². The maximum atomic E-state index is 12.7. The van der Waals surface area contributed by atoms with Crippen LogP contribution in [0.3, 0.4) is 0 Å². The summed E-state index contributed by atoms with van der Waals surface area (Å²) in [6, 6.07) is 13.1. The summed E-state index contributed by atoms with van der Waals surface area (Å²) in [6.07, 6.45) is 6.57. The van der Waals surface area contributed by atoms with Crippen molar-refractivity contribution in [1.82, 2.24) is 4.98 Å². The molecule has 28 heavy (non-hydrogen) atoms. The number of amides is 2. The minimum absolute atomic E-state index is 0.0833. The number of carbonyl (C=O) groups is 2. The number of rotatable bonds is 4. The average Bonchev–Trinajstić information content (AvgIpc) is 3.50. The Labute approximate surface area is 163 Å². The fraction of sp³-hybridized carbons (Fsp3) is 0.304. The minimum atomic E-state index is -0.123. The van der Waals surface area contributed by atoms with E-state index >= 15 is 0 Å². The van der Waals surface area contributed by atoms with E-state index in [1.807, 2.05) is 42.5 Å². The number of carbonyl (C=O) groups excluding carboxylic acids is 2. The number of anilines is 2. The van der Waals surface area contributed by atoms with Crippen LogP contribution in [0.5, 0.6) is 0 Å². The number of fused-ring (bicyclic) bond motifs is 3. The summed E-state index contributed by atoms with van der Waals surface area (Å²) in [7, 11) is 0. The lowest BCUT2D eigenvalue weighted by molar-refractivity contribution is -0.117. The second-order valence-electron chi connectivity index (χ2n) is 7.84. The predicted molar refractivity (Wildman–Crippen MR) is 111 cm³/mol. The monoisotopic (exact) mass is 373 g/mol. The Morgan fingerprint density at radius 1 is 0.893 bits per heavy atom. The maximum Gasteiger partial charge on any atom is 0.255 e. The Morgan fingerprint density at radius 2 is 1.61 bits per heavy atom. The SMILES string of the molecule is O=C(Nc1ccc(NC(=O)C2CC2)cc1)c1ccc2[nH]c3c(c2c1)CCCC3. The van der Waals surface area contributed by atoms with Gasteiger partial charge in [0, 0.05) is 39.5 Å². The quantitative estimate of drug-likeness (QED) is 0.623. The Balaban J connectivity index is 1.31. The normalized spacial score (nSPS) is 15.9. The predicted octanol–water partition coefficient (Wildman–Crippen LogP) is 4.65. The van der Waals surface area contributed by atoms with Crippen LogP contribution < -0.4 is 10.6 Å². The summed E-state index contributed by atoms with van der Waals surface area (Å²) in [5.74, 6) is 0.135. The molecule has 1 fully saturated rings. The van der Waals surface area contributed by atoms with E-state index in [0.717, 1.165) is 36.9 Å². The summed E-state index contributed by atoms with van der Waals surface area (Å²) in [4.78, 5) is 28.0. The minimum Gasteiger partial charge on any atom is -0.358 e. The molecule has 0 atom stereocenters. The fourth-order valence-corrected chi connectivity index (χ4v) is 3.98. The molecule has 1 aromatic heterocycles. The van der Waals surface area contributed by atoms with E-state index in [2.05, 4.69) is 15.6 Å². The molecule has 0 radical (unpaired) electrons. The highest BCUT2D eigenvalue weighted by molar-refractivity contribution is 6.06. The average molecular weight is 373 g/mol. The Bertz CT molecular complexity index is 1060. The van der Waals surface area contributed by atoms with Gasteiger partial charge >= 0.3 is 0 Å². The van der Waals surface area contributed by atoms with Crippen molar-refractivity contribution in [3.8, 4) is 0 Å². The third-order valence-corrected chi connectivity index (χ3v) is 5.72. The van der Waals surface area contributed by atoms with Gasteiger partial charge in [0.25, 0.3) is 5.91 Å². The topological polar surface area (TPSA) is 74.0 Å². The number of H-pyrrole nitrogens is 1. The zero-order valence-electron chi connectivity index (χ0n) is 15.7. The molecule has 2 aliphatic carbocycles. The number of aromatic amines is 1. The van der Waals surface area contributed by atoms with Gasteiger partial charge in [0.05, 0.1) is 0 Å². The molecule has 2 aliphatic rings. The Kier molecular flexibility index (Phi) is 4.15. The molecule has 5 rings (SSSR count). The van der Waals surface area contributed by atoms with Gasteiger partial charge in [-0.15, -0.1) is 0 Å². The first-order valence-corrected chi connectivity index (χ1v) is 10.0. The Hall–Kier alpha value is -3.08. The van der Waals surface area contributed by atoms with Gasteiger partial charge in [0.1, 0.15) is 0 Å². The van der Waals surface area contributed by atoms with E-state index in [-0.39, 0.29) is 17.7 Å². The number of nitrogens with one attached hydrogen (secondary N) is 3. The van der Waals surface area contributed by atoms with Crippen molar-refractivity contribution in [2.45, 2.75) is 38.5 Å². The van der Waals surface area contributed by atoms with Gasteiger partial charge in [0.2, 0.25) is 5.91 Å². The van der Waals surface area contributed by atoms with Crippen molar-refractivity contribution in [2.24, 2.45) is 5.92 Å². The van der Waals surface area contributed by atoms with Gasteiger partial charge in [-0.05, 0) is 86.6 Å². The van der Waals surface area contributed by atoms with Crippen molar-refractivity contribution >= 4 is 34.1 Å². The summed E-state index contributed by atoms with van der Waals surface area (Å²) in [5, 5.41) is 7.02. The summed E-state index contributed by atoms with van der Waals surface area (Å²) < 4.78 is 0. The zero-order chi connectivity index (χ0) is 19.1. The second-order valence-corrected chi connectivity index (χ2v) is 7.84. The van der Waals surface area contributed by atoms with Gasteiger partial charge in [-0.25, -0.2) is 0 Å². The van der Waals surface area contributed by atoms with Gasteiger partial charge in [-0.2, -0.15) is 0 Å². The third kappa shape index (κ3) is 3.28. The molecule has 2 aromatic carbocycles. The molecule has 1 saturated carbocycles. The molecule has 0 spiro atoms. The first-order valence-electron chi connectivity index (χ1n) is 10.0. The largest absolute Gasteiger partial charge is 0.358 e. The maximum absolute atomic E-state index is 12.7. The van der Waals surface area contributed by atoms with Crippen molar-refractivity contribution in [1.29, 1.82) is 0 Å². The molecule has 0 aliphatic heterocycles. The van der Waals surface area contributed by atoms with Gasteiger partial charge in [-0.3, -0.25) is 9.59 Å². The van der Waals surface area contributed by atoms with Crippen molar-refractivity contribution < 1.29 is 9.59 Å². The number of hydrogen-bond acceptors (Lipinski definition) is 2. The van der Waals surface area contributed by atoms with Crippen molar-refractivity contribution in [3.63, 3.8) is 0 Å². The molecular weight excluding hydrogens is 350 g/mol. The molecular formula is C23H23N3O2. The van der Waals surface area contributed by atoms with Crippen LogP contribution in [0.2, 0.25) is 0 Å². The molecule has 1 heterocycles. The van der Waals surface area contributed by atoms with E-state index in [1.165, 1.54) is 29.5 Å². The van der Waals surface area contributed by atoms with Gasteiger partial charge < -0.3 is 15.6 Å². The number of aromatic nitrogens is 1. The van der Waals surface area contributed by atoms with Gasteiger partial charge in [-0.1, -0.05) is 0 Å². The lowest BCUT2D eigenvalue weighted by Gasteiger charge is -2.11. The lowest BCUT2D eigenvalue weighted by Crippen LogP contribution is -2.14. The van der Waals surface area contributed by atoms with Crippen molar-refractivity contribution in [3.05, 3.63) is 59.3 Å². The second kappa shape index (κ2) is 6.82. The summed E-state index contributed by atoms with van der Waals surface area (Å²) >= 11 is 0. The molecule has 0 bridgehead atoms. The van der Waals surface area contributed by atoms with E-state index in [9.17, 15) is 9.59 Å².